The van der Waals surface area contributed by atoms with E-state index in [4.69, 9.17) is 9.47 Å². The van der Waals surface area contributed by atoms with Gasteiger partial charge in [-0.2, -0.15) is 0 Å². The topological polar surface area (TPSA) is 55.8 Å². The fourth-order valence-corrected chi connectivity index (χ4v) is 5.77. The van der Waals surface area contributed by atoms with Crippen molar-refractivity contribution in [3.05, 3.63) is 42.5 Å². The van der Waals surface area contributed by atoms with Gasteiger partial charge in [0.05, 0.1) is 24.0 Å². The summed E-state index contributed by atoms with van der Waals surface area (Å²) in [5.41, 5.74) is 1.03. The van der Waals surface area contributed by atoms with Crippen molar-refractivity contribution in [2.45, 2.75) is 41.6 Å². The van der Waals surface area contributed by atoms with Crippen LogP contribution in [-0.2, 0) is 9.84 Å². The number of hydrogen-bond acceptors (Lipinski definition) is 5. The van der Waals surface area contributed by atoms with Gasteiger partial charge in [-0.1, -0.05) is 25.4 Å². The van der Waals surface area contributed by atoms with Crippen LogP contribution in [0.15, 0.2) is 52.3 Å². The highest BCUT2D eigenvalue weighted by atomic mass is 32.2. The van der Waals surface area contributed by atoms with Crippen molar-refractivity contribution in [1.29, 1.82) is 0 Å². The van der Waals surface area contributed by atoms with Gasteiger partial charge in [0.25, 0.3) is 0 Å². The van der Waals surface area contributed by atoms with Crippen molar-refractivity contribution >= 4 is 25.0 Å². The lowest BCUT2D eigenvalue weighted by Gasteiger charge is -2.19. The molecule has 154 valence electrons. The molecule has 2 aromatic rings. The maximum absolute atomic E-state index is 13.0. The lowest BCUT2D eigenvalue weighted by Crippen LogP contribution is -2.18. The number of methoxy groups -OCH3 is 2. The predicted molar refractivity (Wildman–Crippen MR) is 118 cm³/mol. The molecule has 0 aromatic heterocycles. The summed E-state index contributed by atoms with van der Waals surface area (Å²) >= 11 is 0. The van der Waals surface area contributed by atoms with Gasteiger partial charge in [-0.25, -0.2) is 8.42 Å². The smallest absolute Gasteiger partial charge is 0.206 e. The molecule has 0 unspecified atom stereocenters. The van der Waals surface area contributed by atoms with Crippen molar-refractivity contribution < 1.29 is 17.9 Å². The van der Waals surface area contributed by atoms with Crippen LogP contribution in [0.4, 0.5) is 5.69 Å². The van der Waals surface area contributed by atoms with Crippen LogP contribution in [0, 0.1) is 0 Å². The van der Waals surface area contributed by atoms with E-state index >= 15 is 0 Å². The third-order valence-electron chi connectivity index (χ3n) is 4.82. The molecule has 0 spiro atoms. The first kappa shape index (κ1) is 22.3. The largest absolute Gasteiger partial charge is 0.497 e. The third-order valence-corrected chi connectivity index (χ3v) is 8.78. The summed E-state index contributed by atoms with van der Waals surface area (Å²) in [6, 6.07) is 14.5. The molecule has 0 atom stereocenters. The van der Waals surface area contributed by atoms with Crippen LogP contribution in [0.25, 0.3) is 0 Å². The fourth-order valence-electron chi connectivity index (χ4n) is 3.03. The highest BCUT2D eigenvalue weighted by molar-refractivity contribution is 7.91. The summed E-state index contributed by atoms with van der Waals surface area (Å²) in [6.07, 6.45) is 2.50. The molecular formula is C21H31NO4SSi. The van der Waals surface area contributed by atoms with Crippen molar-refractivity contribution in [2.75, 3.05) is 32.7 Å². The maximum atomic E-state index is 13.0. The highest BCUT2D eigenvalue weighted by Crippen LogP contribution is 2.30. The minimum atomic E-state index is -3.65. The molecule has 0 fully saturated rings. The highest BCUT2D eigenvalue weighted by Gasteiger charge is 2.20. The maximum Gasteiger partial charge on any atom is 0.206 e. The monoisotopic (exact) mass is 421 g/mol. The fraction of sp³-hybridized carbons (Fsp3) is 0.429. The SMILES string of the molecule is CCC[SiH2]CCCN(C)c1ccc(S(=O)(=O)c2cc(OC)cc(OC)c2)cc1. The number of anilines is 1. The van der Waals surface area contributed by atoms with Gasteiger partial charge in [-0.05, 0) is 42.8 Å². The number of ether oxygens (including phenoxy) is 2. The van der Waals surface area contributed by atoms with Gasteiger partial charge in [0, 0.05) is 34.9 Å². The molecule has 7 heteroatoms. The second kappa shape index (κ2) is 10.5. The summed E-state index contributed by atoms with van der Waals surface area (Å²) in [6.45, 7) is 3.24. The second-order valence-electron chi connectivity index (χ2n) is 6.88. The van der Waals surface area contributed by atoms with Crippen LogP contribution in [0.3, 0.4) is 0 Å². The van der Waals surface area contributed by atoms with E-state index in [1.165, 1.54) is 51.3 Å². The van der Waals surface area contributed by atoms with E-state index in [1.807, 2.05) is 12.1 Å². The quantitative estimate of drug-likeness (QED) is 0.408. The zero-order valence-corrected chi connectivity index (χ0v) is 19.5. The van der Waals surface area contributed by atoms with Crippen LogP contribution in [0.5, 0.6) is 11.5 Å². The Balaban J connectivity index is 2.13. The molecular weight excluding hydrogens is 390 g/mol. The average Bonchev–Trinajstić information content (AvgIpc) is 2.73. The van der Waals surface area contributed by atoms with Crippen LogP contribution >= 0.6 is 0 Å². The second-order valence-corrected chi connectivity index (χ2v) is 11.0. The van der Waals surface area contributed by atoms with E-state index in [9.17, 15) is 8.42 Å². The van der Waals surface area contributed by atoms with Crippen molar-refractivity contribution in [3.63, 3.8) is 0 Å². The molecule has 28 heavy (non-hydrogen) atoms. The third kappa shape index (κ3) is 5.75. The van der Waals surface area contributed by atoms with Crippen LogP contribution < -0.4 is 14.4 Å². The van der Waals surface area contributed by atoms with E-state index in [2.05, 4.69) is 18.9 Å². The molecule has 0 aliphatic carbocycles. The minimum Gasteiger partial charge on any atom is -0.497 e. The Bertz CT molecular complexity index is 831. The lowest BCUT2D eigenvalue weighted by molar-refractivity contribution is 0.392. The van der Waals surface area contributed by atoms with Crippen LogP contribution in [0.1, 0.15) is 19.8 Å². The van der Waals surface area contributed by atoms with Gasteiger partial charge in [0.1, 0.15) is 11.5 Å². The summed E-state index contributed by atoms with van der Waals surface area (Å²) in [5.74, 6) is 0.891. The molecule has 2 aromatic carbocycles. The molecule has 0 saturated carbocycles. The molecule has 0 amide bonds. The summed E-state index contributed by atoms with van der Waals surface area (Å²) in [5, 5.41) is 0. The van der Waals surface area contributed by atoms with Crippen LogP contribution in [-0.4, -0.2) is 45.7 Å². The molecule has 0 aliphatic heterocycles. The lowest BCUT2D eigenvalue weighted by atomic mass is 10.3. The van der Waals surface area contributed by atoms with E-state index in [-0.39, 0.29) is 19.3 Å². The zero-order chi connectivity index (χ0) is 20.6. The molecule has 2 rings (SSSR count). The van der Waals surface area contributed by atoms with Gasteiger partial charge in [0.2, 0.25) is 9.84 Å². The molecule has 0 aliphatic rings. The first-order valence-corrected chi connectivity index (χ1v) is 13.2. The van der Waals surface area contributed by atoms with Gasteiger partial charge >= 0.3 is 0 Å². The van der Waals surface area contributed by atoms with E-state index in [1.54, 1.807) is 18.2 Å². The first-order chi connectivity index (χ1) is 13.4. The van der Waals surface area contributed by atoms with E-state index < -0.39 is 9.84 Å². The Kier molecular flexibility index (Phi) is 8.38. The van der Waals surface area contributed by atoms with Gasteiger partial charge in [0.15, 0.2) is 0 Å². The number of rotatable bonds is 11. The predicted octanol–water partition coefficient (Wildman–Crippen LogP) is 3.78. The Morgan fingerprint density at radius 1 is 0.929 bits per heavy atom. The minimum absolute atomic E-state index is 0.0961. The summed E-state index contributed by atoms with van der Waals surface area (Å²) < 4.78 is 36.4. The molecule has 0 bridgehead atoms. The number of nitrogens with zero attached hydrogens (tertiary/aromatic N) is 1. The Hall–Kier alpha value is -1.99. The average molecular weight is 422 g/mol. The summed E-state index contributed by atoms with van der Waals surface area (Å²) in [4.78, 5) is 2.60. The molecule has 0 radical (unpaired) electrons. The Morgan fingerprint density at radius 2 is 1.54 bits per heavy atom. The van der Waals surface area contributed by atoms with E-state index in [0.717, 1.165) is 12.2 Å². The van der Waals surface area contributed by atoms with Crippen molar-refractivity contribution in [1.82, 2.24) is 0 Å². The first-order valence-electron chi connectivity index (χ1n) is 9.71. The van der Waals surface area contributed by atoms with Gasteiger partial charge in [-0.15, -0.1) is 0 Å². The summed E-state index contributed by atoms with van der Waals surface area (Å²) in [7, 11) is 1.50. The van der Waals surface area contributed by atoms with Crippen molar-refractivity contribution in [3.8, 4) is 11.5 Å². The number of hydrogen-bond donors (Lipinski definition) is 0. The van der Waals surface area contributed by atoms with E-state index in [0.29, 0.717) is 11.5 Å². The normalized spacial score (nSPS) is 11.7. The molecule has 5 nitrogen and oxygen atoms in total. The number of benzene rings is 2. The standard InChI is InChI=1S/C21H31NO4SSi/c1-5-12-28-13-6-11-22(2)17-7-9-20(10-8-17)27(23,24)21-15-18(25-3)14-19(16-21)26-4/h7-10,14-16H,5-6,11-13,28H2,1-4H3. The molecule has 0 saturated heterocycles. The Morgan fingerprint density at radius 3 is 2.07 bits per heavy atom. The zero-order valence-electron chi connectivity index (χ0n) is 17.3. The van der Waals surface area contributed by atoms with Gasteiger partial charge < -0.3 is 14.4 Å². The van der Waals surface area contributed by atoms with Crippen LogP contribution in [0.2, 0.25) is 12.1 Å². The molecule has 0 N–H and O–H groups in total. The number of sulfone groups is 1. The Labute approximate surface area is 171 Å². The van der Waals surface area contributed by atoms with Crippen molar-refractivity contribution in [2.24, 2.45) is 0 Å². The van der Waals surface area contributed by atoms with Gasteiger partial charge in [-0.3, -0.25) is 0 Å². The molecule has 0 heterocycles.